The lowest BCUT2D eigenvalue weighted by molar-refractivity contribution is -0.131. The molecular formula is C21H16ClF2N5O3S. The van der Waals surface area contributed by atoms with Crippen molar-refractivity contribution in [3.8, 4) is 5.75 Å². The van der Waals surface area contributed by atoms with E-state index >= 15 is 0 Å². The van der Waals surface area contributed by atoms with Gasteiger partial charge in [0.05, 0.1) is 11.1 Å². The van der Waals surface area contributed by atoms with Crippen molar-refractivity contribution in [2.24, 2.45) is 5.10 Å². The topological polar surface area (TPSA) is 95.9 Å². The maximum absolute atomic E-state index is 13.0. The van der Waals surface area contributed by atoms with Crippen molar-refractivity contribution in [1.29, 1.82) is 0 Å². The number of alkyl halides is 2. The highest BCUT2D eigenvalue weighted by molar-refractivity contribution is 7.17. The molecule has 1 unspecified atom stereocenters. The third kappa shape index (κ3) is 4.78. The molecule has 1 atom stereocenters. The van der Waals surface area contributed by atoms with Crippen molar-refractivity contribution >= 4 is 51.9 Å². The van der Waals surface area contributed by atoms with Crippen molar-refractivity contribution in [3.05, 3.63) is 70.2 Å². The Bertz CT molecular complexity index is 1210. The standard InChI is InChI=1S/C21H16ClF2N5O3S/c1-21(12-7-9-14(10-8-12)32-18(23)24)17(30)29(20(31)28-21)25-11-15-16(22)27-19(33-15)26-13-5-3-2-4-6-13/h2-11,18H,1H3,(H,26,27)(H,28,31). The van der Waals surface area contributed by atoms with Crippen LogP contribution in [-0.4, -0.2) is 34.8 Å². The second kappa shape index (κ2) is 9.12. The van der Waals surface area contributed by atoms with Gasteiger partial charge in [-0.1, -0.05) is 53.3 Å². The summed E-state index contributed by atoms with van der Waals surface area (Å²) in [6, 6.07) is 14.0. The largest absolute Gasteiger partial charge is 0.435 e. The van der Waals surface area contributed by atoms with E-state index in [4.69, 9.17) is 11.6 Å². The summed E-state index contributed by atoms with van der Waals surface area (Å²) < 4.78 is 29.0. The lowest BCUT2D eigenvalue weighted by Crippen LogP contribution is -2.40. The minimum Gasteiger partial charge on any atom is -0.435 e. The zero-order chi connectivity index (χ0) is 23.6. The SMILES string of the molecule is CC1(c2ccc(OC(F)F)cc2)NC(=O)N(N=Cc2sc(Nc3ccccc3)nc2Cl)C1=O. The minimum atomic E-state index is -2.97. The molecule has 1 saturated heterocycles. The number of nitrogens with zero attached hydrogens (tertiary/aromatic N) is 3. The van der Waals surface area contributed by atoms with Crippen LogP contribution in [0.4, 0.5) is 24.4 Å². The number of nitrogens with one attached hydrogen (secondary N) is 2. The molecule has 33 heavy (non-hydrogen) atoms. The molecule has 0 bridgehead atoms. The highest BCUT2D eigenvalue weighted by atomic mass is 35.5. The van der Waals surface area contributed by atoms with Gasteiger partial charge in [0, 0.05) is 5.69 Å². The molecule has 1 fully saturated rings. The van der Waals surface area contributed by atoms with Crippen molar-refractivity contribution in [1.82, 2.24) is 15.3 Å². The van der Waals surface area contributed by atoms with Gasteiger partial charge >= 0.3 is 12.6 Å². The van der Waals surface area contributed by atoms with E-state index < -0.39 is 24.1 Å². The molecule has 12 heteroatoms. The number of ether oxygens (including phenoxy) is 1. The normalized spacial score (nSPS) is 18.3. The van der Waals surface area contributed by atoms with E-state index in [0.717, 1.165) is 5.69 Å². The number of imide groups is 1. The van der Waals surface area contributed by atoms with Crippen LogP contribution in [-0.2, 0) is 10.3 Å². The second-order valence-electron chi connectivity index (χ2n) is 6.98. The lowest BCUT2D eigenvalue weighted by Gasteiger charge is -2.21. The number of hydrogen-bond donors (Lipinski definition) is 2. The van der Waals surface area contributed by atoms with Gasteiger partial charge in [0.15, 0.2) is 10.3 Å². The molecule has 0 radical (unpaired) electrons. The first-order valence-electron chi connectivity index (χ1n) is 9.51. The molecule has 8 nitrogen and oxygen atoms in total. The number of carbonyl (C=O) groups is 2. The van der Waals surface area contributed by atoms with Crippen LogP contribution in [0.15, 0.2) is 59.7 Å². The van der Waals surface area contributed by atoms with Gasteiger partial charge in [0.2, 0.25) is 0 Å². The molecule has 2 heterocycles. The number of thiazole rings is 1. The van der Waals surface area contributed by atoms with Crippen LogP contribution < -0.4 is 15.4 Å². The number of rotatable bonds is 7. The van der Waals surface area contributed by atoms with Gasteiger partial charge < -0.3 is 15.4 Å². The van der Waals surface area contributed by atoms with Crippen LogP contribution in [0.5, 0.6) is 5.75 Å². The summed E-state index contributed by atoms with van der Waals surface area (Å²) in [6.07, 6.45) is 1.28. The van der Waals surface area contributed by atoms with Crippen LogP contribution >= 0.6 is 22.9 Å². The summed E-state index contributed by atoms with van der Waals surface area (Å²) in [5.41, 5.74) is -0.235. The number of urea groups is 1. The van der Waals surface area contributed by atoms with Crippen molar-refractivity contribution in [2.75, 3.05) is 5.32 Å². The zero-order valence-electron chi connectivity index (χ0n) is 17.0. The summed E-state index contributed by atoms with van der Waals surface area (Å²) in [5.74, 6) is -0.710. The predicted molar refractivity (Wildman–Crippen MR) is 120 cm³/mol. The highest BCUT2D eigenvalue weighted by Gasteiger charge is 2.49. The summed E-state index contributed by atoms with van der Waals surface area (Å²) in [5, 5.41) is 11.0. The number of amides is 3. The van der Waals surface area contributed by atoms with Crippen LogP contribution in [0.1, 0.15) is 17.4 Å². The molecule has 1 aliphatic heterocycles. The first-order valence-corrected chi connectivity index (χ1v) is 10.7. The fraction of sp³-hybridized carbons (Fsp3) is 0.143. The molecule has 2 aromatic carbocycles. The van der Waals surface area contributed by atoms with Gasteiger partial charge in [-0.25, -0.2) is 9.78 Å². The van der Waals surface area contributed by atoms with Crippen LogP contribution in [0.2, 0.25) is 5.15 Å². The molecule has 2 N–H and O–H groups in total. The molecule has 3 amide bonds. The van der Waals surface area contributed by atoms with E-state index in [-0.39, 0.29) is 10.9 Å². The smallest absolute Gasteiger partial charge is 0.387 e. The summed E-state index contributed by atoms with van der Waals surface area (Å²) in [6.45, 7) is -1.47. The molecule has 0 aliphatic carbocycles. The maximum Gasteiger partial charge on any atom is 0.387 e. The van der Waals surface area contributed by atoms with Crippen LogP contribution in [0.25, 0.3) is 0 Å². The van der Waals surface area contributed by atoms with E-state index in [1.54, 1.807) is 0 Å². The average Bonchev–Trinajstić information content (AvgIpc) is 3.23. The number of benzene rings is 2. The van der Waals surface area contributed by atoms with Crippen molar-refractivity contribution < 1.29 is 23.1 Å². The summed E-state index contributed by atoms with van der Waals surface area (Å²) >= 11 is 7.37. The number of halogens is 3. The van der Waals surface area contributed by atoms with Gasteiger partial charge in [-0.05, 0) is 36.8 Å². The predicted octanol–water partition coefficient (Wildman–Crippen LogP) is 4.94. The van der Waals surface area contributed by atoms with E-state index in [1.165, 1.54) is 48.7 Å². The number of carbonyl (C=O) groups excluding carboxylic acids is 2. The number of anilines is 2. The average molecular weight is 492 g/mol. The van der Waals surface area contributed by atoms with Crippen LogP contribution in [0, 0.1) is 0 Å². The number of para-hydroxylation sites is 1. The Morgan fingerprint density at radius 3 is 2.58 bits per heavy atom. The lowest BCUT2D eigenvalue weighted by atomic mass is 9.92. The van der Waals surface area contributed by atoms with Crippen molar-refractivity contribution in [3.63, 3.8) is 0 Å². The van der Waals surface area contributed by atoms with E-state index in [1.807, 2.05) is 30.3 Å². The Kier molecular flexibility index (Phi) is 6.25. The molecule has 1 aliphatic rings. The Hall–Kier alpha value is -3.57. The quantitative estimate of drug-likeness (QED) is 0.360. The third-order valence-corrected chi connectivity index (χ3v) is 6.06. The van der Waals surface area contributed by atoms with Gasteiger partial charge in [-0.2, -0.15) is 13.9 Å². The molecule has 3 aromatic rings. The van der Waals surface area contributed by atoms with E-state index in [9.17, 15) is 18.4 Å². The summed E-state index contributed by atoms with van der Waals surface area (Å²) in [4.78, 5) is 30.1. The summed E-state index contributed by atoms with van der Waals surface area (Å²) in [7, 11) is 0. The first kappa shape index (κ1) is 22.6. The van der Waals surface area contributed by atoms with Gasteiger partial charge in [0.1, 0.15) is 11.3 Å². The molecular weight excluding hydrogens is 476 g/mol. The number of aromatic nitrogens is 1. The van der Waals surface area contributed by atoms with Gasteiger partial charge in [0.25, 0.3) is 5.91 Å². The maximum atomic E-state index is 13.0. The van der Waals surface area contributed by atoms with E-state index in [2.05, 4.69) is 25.5 Å². The molecule has 1 aromatic heterocycles. The monoisotopic (exact) mass is 491 g/mol. The number of hydrazone groups is 1. The third-order valence-electron chi connectivity index (χ3n) is 4.75. The molecule has 4 rings (SSSR count). The fourth-order valence-electron chi connectivity index (χ4n) is 3.10. The van der Waals surface area contributed by atoms with Gasteiger partial charge in [-0.3, -0.25) is 4.79 Å². The Labute approximate surface area is 195 Å². The first-order chi connectivity index (χ1) is 15.8. The second-order valence-corrected chi connectivity index (χ2v) is 8.37. The molecule has 0 spiro atoms. The zero-order valence-corrected chi connectivity index (χ0v) is 18.5. The Morgan fingerprint density at radius 2 is 1.91 bits per heavy atom. The highest BCUT2D eigenvalue weighted by Crippen LogP contribution is 2.31. The minimum absolute atomic E-state index is 0.0660. The molecule has 170 valence electrons. The number of hydrogen-bond acceptors (Lipinski definition) is 7. The Morgan fingerprint density at radius 1 is 1.21 bits per heavy atom. The Balaban J connectivity index is 1.50. The van der Waals surface area contributed by atoms with Crippen LogP contribution in [0.3, 0.4) is 0 Å². The van der Waals surface area contributed by atoms with Gasteiger partial charge in [-0.15, -0.1) is 5.01 Å². The van der Waals surface area contributed by atoms with Crippen molar-refractivity contribution in [2.45, 2.75) is 19.1 Å². The molecule has 0 saturated carbocycles. The van der Waals surface area contributed by atoms with E-state index in [0.29, 0.717) is 20.6 Å². The fourth-order valence-corrected chi connectivity index (χ4v) is 4.14.